The van der Waals surface area contributed by atoms with Gasteiger partial charge in [-0.15, -0.1) is 11.3 Å². The molecule has 178 valence electrons. The molecule has 2 fully saturated rings. The maximum Gasteiger partial charge on any atom is 0.259 e. The minimum Gasteiger partial charge on any atom is -0.360 e. The van der Waals surface area contributed by atoms with Gasteiger partial charge in [0.15, 0.2) is 0 Å². The molecular formula is C27H26N4O3S. The highest BCUT2D eigenvalue weighted by Crippen LogP contribution is 2.59. The molecule has 1 unspecified atom stereocenters. The van der Waals surface area contributed by atoms with Crippen molar-refractivity contribution >= 4 is 39.1 Å². The summed E-state index contributed by atoms with van der Waals surface area (Å²) >= 11 is 1.65. The lowest BCUT2D eigenvalue weighted by Crippen LogP contribution is -2.40. The molecule has 0 bridgehead atoms. The van der Waals surface area contributed by atoms with Crippen LogP contribution < -0.4 is 5.32 Å². The van der Waals surface area contributed by atoms with Crippen LogP contribution in [0.15, 0.2) is 53.1 Å². The van der Waals surface area contributed by atoms with Crippen LogP contribution in [0.3, 0.4) is 0 Å². The Bertz CT molecular complexity index is 1430. The van der Waals surface area contributed by atoms with Crippen molar-refractivity contribution in [1.82, 2.24) is 15.0 Å². The molecule has 6 rings (SSSR count). The van der Waals surface area contributed by atoms with Crippen molar-refractivity contribution in [3.63, 3.8) is 0 Å². The van der Waals surface area contributed by atoms with Gasteiger partial charge in [0, 0.05) is 30.3 Å². The van der Waals surface area contributed by atoms with Gasteiger partial charge in [0.05, 0.1) is 15.2 Å². The number of likely N-dealkylation sites (tertiary alicyclic amines) is 1. The fraction of sp³-hybridized carbons (Fsp3) is 0.333. The predicted molar refractivity (Wildman–Crippen MR) is 135 cm³/mol. The number of nitrogens with zero attached hydrogens (tertiary/aromatic N) is 3. The maximum absolute atomic E-state index is 13.4. The SMILES string of the molecule is Cc1nc2cc(NC(=O)C3CC34CCN(C(=O)c3c(-c5ccccc5)noc3C)CC4)ccc2s1. The van der Waals surface area contributed by atoms with E-state index in [4.69, 9.17) is 4.52 Å². The Hall–Kier alpha value is -3.52. The molecule has 1 aliphatic carbocycles. The van der Waals surface area contributed by atoms with E-state index in [1.54, 1.807) is 18.3 Å². The molecule has 1 saturated heterocycles. The highest BCUT2D eigenvalue weighted by molar-refractivity contribution is 7.18. The molecule has 7 nitrogen and oxygen atoms in total. The number of amides is 2. The third-order valence-electron chi connectivity index (χ3n) is 7.44. The minimum absolute atomic E-state index is 0.00582. The number of nitrogens with one attached hydrogen (secondary N) is 1. The van der Waals surface area contributed by atoms with Gasteiger partial charge in [0.25, 0.3) is 5.91 Å². The number of rotatable bonds is 4. The van der Waals surface area contributed by atoms with Crippen LogP contribution in [0.1, 0.15) is 40.4 Å². The van der Waals surface area contributed by atoms with Crippen molar-refractivity contribution in [1.29, 1.82) is 0 Å². The number of hydrogen-bond acceptors (Lipinski definition) is 6. The second kappa shape index (κ2) is 8.30. The van der Waals surface area contributed by atoms with E-state index in [0.717, 1.165) is 45.7 Å². The molecular weight excluding hydrogens is 460 g/mol. The number of piperidine rings is 1. The molecule has 1 aliphatic heterocycles. The number of carbonyl (C=O) groups is 2. The topological polar surface area (TPSA) is 88.3 Å². The summed E-state index contributed by atoms with van der Waals surface area (Å²) < 4.78 is 6.52. The molecule has 35 heavy (non-hydrogen) atoms. The Morgan fingerprint density at radius 3 is 2.66 bits per heavy atom. The van der Waals surface area contributed by atoms with Crippen LogP contribution in [-0.2, 0) is 4.79 Å². The Morgan fingerprint density at radius 1 is 1.11 bits per heavy atom. The van der Waals surface area contributed by atoms with Gasteiger partial charge in [-0.2, -0.15) is 0 Å². The van der Waals surface area contributed by atoms with E-state index in [2.05, 4.69) is 15.5 Å². The van der Waals surface area contributed by atoms with Crippen molar-refractivity contribution < 1.29 is 14.1 Å². The molecule has 4 aromatic rings. The number of thiazole rings is 1. The van der Waals surface area contributed by atoms with Gasteiger partial charge in [-0.05, 0) is 56.7 Å². The van der Waals surface area contributed by atoms with E-state index in [0.29, 0.717) is 30.1 Å². The second-order valence-corrected chi connectivity index (χ2v) is 10.9. The lowest BCUT2D eigenvalue weighted by molar-refractivity contribution is -0.118. The average Bonchev–Trinajstić information content (AvgIpc) is 3.21. The summed E-state index contributed by atoms with van der Waals surface area (Å²) in [4.78, 5) is 32.8. The van der Waals surface area contributed by atoms with Crippen LogP contribution in [0.2, 0.25) is 0 Å². The number of fused-ring (bicyclic) bond motifs is 1. The van der Waals surface area contributed by atoms with Crippen molar-refractivity contribution in [2.24, 2.45) is 11.3 Å². The molecule has 2 aromatic heterocycles. The number of anilines is 1. The Kier molecular flexibility index (Phi) is 5.21. The van der Waals surface area contributed by atoms with E-state index >= 15 is 0 Å². The molecule has 3 heterocycles. The zero-order valence-corrected chi connectivity index (χ0v) is 20.5. The van der Waals surface area contributed by atoms with Gasteiger partial charge in [0.1, 0.15) is 17.0 Å². The quantitative estimate of drug-likeness (QED) is 0.414. The number of aryl methyl sites for hydroxylation is 2. The summed E-state index contributed by atoms with van der Waals surface area (Å²) in [5, 5.41) is 8.27. The summed E-state index contributed by atoms with van der Waals surface area (Å²) in [6, 6.07) is 15.5. The predicted octanol–water partition coefficient (Wildman–Crippen LogP) is 5.45. The number of hydrogen-bond donors (Lipinski definition) is 1. The first-order valence-corrected chi connectivity index (χ1v) is 12.7. The highest BCUT2D eigenvalue weighted by atomic mass is 32.1. The largest absolute Gasteiger partial charge is 0.360 e. The van der Waals surface area contributed by atoms with E-state index in [1.165, 1.54) is 0 Å². The third-order valence-corrected chi connectivity index (χ3v) is 8.39. The minimum atomic E-state index is -0.0500. The van der Waals surface area contributed by atoms with Crippen molar-refractivity contribution in [3.8, 4) is 11.3 Å². The maximum atomic E-state index is 13.4. The molecule has 1 saturated carbocycles. The molecule has 2 aromatic carbocycles. The summed E-state index contributed by atoms with van der Waals surface area (Å²) in [5.74, 6) is 0.540. The first kappa shape index (κ1) is 22.0. The van der Waals surface area contributed by atoms with Crippen LogP contribution in [0.25, 0.3) is 21.5 Å². The van der Waals surface area contributed by atoms with Gasteiger partial charge in [-0.3, -0.25) is 9.59 Å². The van der Waals surface area contributed by atoms with Gasteiger partial charge in [-0.25, -0.2) is 4.98 Å². The van der Waals surface area contributed by atoms with Crippen LogP contribution in [-0.4, -0.2) is 39.9 Å². The molecule has 1 spiro atoms. The summed E-state index contributed by atoms with van der Waals surface area (Å²) in [7, 11) is 0. The average molecular weight is 487 g/mol. The van der Waals surface area contributed by atoms with E-state index in [-0.39, 0.29) is 23.1 Å². The van der Waals surface area contributed by atoms with Crippen molar-refractivity contribution in [3.05, 3.63) is 64.9 Å². The smallest absolute Gasteiger partial charge is 0.259 e. The van der Waals surface area contributed by atoms with Gasteiger partial charge in [-0.1, -0.05) is 35.5 Å². The lowest BCUT2D eigenvalue weighted by Gasteiger charge is -2.33. The first-order valence-electron chi connectivity index (χ1n) is 11.9. The Morgan fingerprint density at radius 2 is 1.89 bits per heavy atom. The molecule has 8 heteroatoms. The highest BCUT2D eigenvalue weighted by Gasteiger charge is 2.58. The van der Waals surface area contributed by atoms with Crippen LogP contribution >= 0.6 is 11.3 Å². The molecule has 1 N–H and O–H groups in total. The Labute approximate surface area is 207 Å². The molecule has 1 atom stereocenters. The van der Waals surface area contributed by atoms with Gasteiger partial charge < -0.3 is 14.7 Å². The first-order chi connectivity index (χ1) is 16.9. The fourth-order valence-corrected chi connectivity index (χ4v) is 6.16. The third kappa shape index (κ3) is 3.91. The zero-order chi connectivity index (χ0) is 24.2. The van der Waals surface area contributed by atoms with Crippen molar-refractivity contribution in [2.75, 3.05) is 18.4 Å². The van der Waals surface area contributed by atoms with Gasteiger partial charge in [0.2, 0.25) is 5.91 Å². The normalized spacial score (nSPS) is 18.7. The van der Waals surface area contributed by atoms with E-state index < -0.39 is 0 Å². The summed E-state index contributed by atoms with van der Waals surface area (Å²) in [6.45, 7) is 5.03. The van der Waals surface area contributed by atoms with Gasteiger partial charge >= 0.3 is 0 Å². The monoisotopic (exact) mass is 486 g/mol. The fourth-order valence-electron chi connectivity index (χ4n) is 5.35. The lowest BCUT2D eigenvalue weighted by atomic mass is 9.90. The number of carbonyl (C=O) groups excluding carboxylic acids is 2. The van der Waals surface area contributed by atoms with Crippen LogP contribution in [0, 0.1) is 25.2 Å². The van der Waals surface area contributed by atoms with Crippen molar-refractivity contribution in [2.45, 2.75) is 33.1 Å². The zero-order valence-electron chi connectivity index (χ0n) is 19.7. The van der Waals surface area contributed by atoms with Crippen LogP contribution in [0.4, 0.5) is 5.69 Å². The van der Waals surface area contributed by atoms with Crippen LogP contribution in [0.5, 0.6) is 0 Å². The number of benzene rings is 2. The number of aromatic nitrogens is 2. The summed E-state index contributed by atoms with van der Waals surface area (Å²) in [5.41, 5.74) is 3.69. The second-order valence-electron chi connectivity index (χ2n) is 9.64. The molecule has 0 radical (unpaired) electrons. The molecule has 2 aliphatic rings. The standard InChI is InChI=1S/C27H26N4O3S/c1-16-23(24(30-34-16)18-6-4-3-5-7-18)26(33)31-12-10-27(11-13-31)15-20(27)25(32)29-19-8-9-22-21(14-19)28-17(2)35-22/h3-9,14,20H,10-13,15H2,1-2H3,(H,29,32). The Balaban J connectivity index is 1.11. The van der Waals surface area contributed by atoms with E-state index in [9.17, 15) is 9.59 Å². The van der Waals surface area contributed by atoms with E-state index in [1.807, 2.05) is 60.4 Å². The summed E-state index contributed by atoms with van der Waals surface area (Å²) in [6.07, 6.45) is 2.53. The molecule has 2 amide bonds.